The zero-order valence-corrected chi connectivity index (χ0v) is 17.5. The lowest BCUT2D eigenvalue weighted by Gasteiger charge is -2.29. The summed E-state index contributed by atoms with van der Waals surface area (Å²) in [6.07, 6.45) is 4.86. The van der Waals surface area contributed by atoms with Gasteiger partial charge in [0.2, 0.25) is 0 Å². The number of aromatic nitrogens is 1. The minimum atomic E-state index is -0.228. The molecule has 5 nitrogen and oxygen atoms in total. The summed E-state index contributed by atoms with van der Waals surface area (Å²) in [6.45, 7) is 2.62. The fraction of sp³-hybridized carbons (Fsp3) is 0.231. The molecule has 5 heteroatoms. The van der Waals surface area contributed by atoms with Gasteiger partial charge in [-0.15, -0.1) is 0 Å². The minimum Gasteiger partial charge on any atom is -0.494 e. The average Bonchev–Trinajstić information content (AvgIpc) is 2.97. The highest BCUT2D eigenvalue weighted by atomic mass is 16.5. The number of anilines is 2. The molecule has 0 radical (unpaired) electrons. The average molecular weight is 412 g/mol. The van der Waals surface area contributed by atoms with Gasteiger partial charge < -0.3 is 15.4 Å². The highest BCUT2D eigenvalue weighted by molar-refractivity contribution is 6.01. The molecule has 0 saturated carbocycles. The monoisotopic (exact) mass is 411 g/mol. The van der Waals surface area contributed by atoms with E-state index in [1.807, 2.05) is 61.7 Å². The molecule has 2 aromatic carbocycles. The summed E-state index contributed by atoms with van der Waals surface area (Å²) >= 11 is 0. The topological polar surface area (TPSA) is 63.2 Å². The molecule has 2 heterocycles. The first-order valence-corrected chi connectivity index (χ1v) is 10.7. The van der Waals surface area contributed by atoms with E-state index in [-0.39, 0.29) is 17.7 Å². The maximum atomic E-state index is 13.5. The largest absolute Gasteiger partial charge is 0.494 e. The fourth-order valence-corrected chi connectivity index (χ4v) is 4.53. The Hall–Kier alpha value is -3.60. The summed E-state index contributed by atoms with van der Waals surface area (Å²) in [5.41, 5.74) is 5.92. The second kappa shape index (κ2) is 8.26. The van der Waals surface area contributed by atoms with Gasteiger partial charge >= 0.3 is 0 Å². The van der Waals surface area contributed by atoms with E-state index in [0.717, 1.165) is 45.9 Å². The van der Waals surface area contributed by atoms with Crippen LogP contribution in [0, 0.1) is 0 Å². The number of hydrogen-bond donors (Lipinski definition) is 2. The van der Waals surface area contributed by atoms with E-state index in [1.54, 1.807) is 6.20 Å². The van der Waals surface area contributed by atoms with Gasteiger partial charge in [-0.2, -0.15) is 0 Å². The molecule has 0 unspecified atom stereocenters. The first-order chi connectivity index (χ1) is 15.2. The van der Waals surface area contributed by atoms with Gasteiger partial charge in [-0.3, -0.25) is 9.78 Å². The third-order valence-electron chi connectivity index (χ3n) is 5.99. The quantitative estimate of drug-likeness (QED) is 0.597. The van der Waals surface area contributed by atoms with Crippen LogP contribution >= 0.6 is 0 Å². The number of pyridine rings is 1. The van der Waals surface area contributed by atoms with Gasteiger partial charge in [0.1, 0.15) is 5.75 Å². The molecule has 1 aromatic heterocycles. The van der Waals surface area contributed by atoms with Gasteiger partial charge in [0.25, 0.3) is 0 Å². The number of Topliss-reactive ketones (excluding diaryl/α,β-unsaturated/α-hetero) is 1. The maximum absolute atomic E-state index is 13.5. The lowest BCUT2D eigenvalue weighted by molar-refractivity contribution is -0.116. The first kappa shape index (κ1) is 19.4. The number of rotatable bonds is 4. The molecule has 2 N–H and O–H groups in total. The molecule has 2 atom stereocenters. The van der Waals surface area contributed by atoms with E-state index >= 15 is 0 Å². The molecular formula is C26H25N3O2. The summed E-state index contributed by atoms with van der Waals surface area (Å²) in [4.78, 5) is 17.8. The van der Waals surface area contributed by atoms with Crippen LogP contribution in [0.5, 0.6) is 5.75 Å². The van der Waals surface area contributed by atoms with Crippen molar-refractivity contribution in [3.63, 3.8) is 0 Å². The van der Waals surface area contributed by atoms with Crippen molar-refractivity contribution in [3.05, 3.63) is 95.5 Å². The van der Waals surface area contributed by atoms with Crippen molar-refractivity contribution in [2.24, 2.45) is 0 Å². The number of allylic oxidation sites excluding steroid dienone is 1. The van der Waals surface area contributed by atoms with Crippen LogP contribution in [0.2, 0.25) is 0 Å². The van der Waals surface area contributed by atoms with Crippen LogP contribution in [0.1, 0.15) is 42.9 Å². The van der Waals surface area contributed by atoms with E-state index in [0.29, 0.717) is 13.0 Å². The van der Waals surface area contributed by atoms with Gasteiger partial charge in [0.15, 0.2) is 5.78 Å². The second-order valence-electron chi connectivity index (χ2n) is 7.96. The van der Waals surface area contributed by atoms with Crippen molar-refractivity contribution in [1.29, 1.82) is 0 Å². The molecule has 0 saturated heterocycles. The lowest BCUT2D eigenvalue weighted by atomic mass is 9.78. The van der Waals surface area contributed by atoms with E-state index < -0.39 is 0 Å². The number of carbonyl (C=O) groups excluding carboxylic acids is 1. The number of nitrogens with one attached hydrogen (secondary N) is 2. The third-order valence-corrected chi connectivity index (χ3v) is 5.99. The fourth-order valence-electron chi connectivity index (χ4n) is 4.53. The summed E-state index contributed by atoms with van der Waals surface area (Å²) in [5.74, 6) is 1.16. The van der Waals surface area contributed by atoms with Crippen molar-refractivity contribution in [3.8, 4) is 5.75 Å². The second-order valence-corrected chi connectivity index (χ2v) is 7.96. The first-order valence-electron chi connectivity index (χ1n) is 10.7. The SMILES string of the molecule is CCOc1ccc([C@H]2CC(=O)C3=C(C2)Nc2ccccc2N[C@H]3c2cccnc2)cc1. The maximum Gasteiger partial charge on any atom is 0.163 e. The highest BCUT2D eigenvalue weighted by Gasteiger charge is 2.36. The molecule has 0 bridgehead atoms. The molecule has 156 valence electrons. The predicted octanol–water partition coefficient (Wildman–Crippen LogP) is 5.46. The van der Waals surface area contributed by atoms with Crippen LogP contribution in [-0.4, -0.2) is 17.4 Å². The van der Waals surface area contributed by atoms with Gasteiger partial charge in [-0.1, -0.05) is 30.3 Å². The Bertz CT molecular complexity index is 1120. The number of fused-ring (bicyclic) bond motifs is 1. The van der Waals surface area contributed by atoms with Gasteiger partial charge in [-0.25, -0.2) is 0 Å². The van der Waals surface area contributed by atoms with Crippen molar-refractivity contribution >= 4 is 17.2 Å². The van der Waals surface area contributed by atoms with Crippen LogP contribution in [-0.2, 0) is 4.79 Å². The molecule has 1 aliphatic carbocycles. The van der Waals surface area contributed by atoms with Crippen LogP contribution in [0.4, 0.5) is 11.4 Å². The van der Waals surface area contributed by atoms with E-state index in [1.165, 1.54) is 0 Å². The molecule has 2 aliphatic rings. The third kappa shape index (κ3) is 3.79. The van der Waals surface area contributed by atoms with Gasteiger partial charge in [0.05, 0.1) is 24.0 Å². The van der Waals surface area contributed by atoms with Crippen molar-refractivity contribution in [2.75, 3.05) is 17.2 Å². The number of carbonyl (C=O) groups is 1. The predicted molar refractivity (Wildman–Crippen MR) is 122 cm³/mol. The van der Waals surface area contributed by atoms with Gasteiger partial charge in [0, 0.05) is 30.1 Å². The van der Waals surface area contributed by atoms with Crippen LogP contribution in [0.3, 0.4) is 0 Å². The molecule has 1 aliphatic heterocycles. The Kier molecular flexibility index (Phi) is 5.16. The summed E-state index contributed by atoms with van der Waals surface area (Å²) in [5, 5.41) is 7.16. The van der Waals surface area contributed by atoms with Crippen LogP contribution in [0.15, 0.2) is 84.3 Å². The number of benzene rings is 2. The molecule has 0 amide bonds. The zero-order chi connectivity index (χ0) is 21.2. The van der Waals surface area contributed by atoms with E-state index in [9.17, 15) is 4.79 Å². The summed E-state index contributed by atoms with van der Waals surface area (Å²) < 4.78 is 5.57. The normalized spacial score (nSPS) is 20.1. The van der Waals surface area contributed by atoms with E-state index in [4.69, 9.17) is 4.74 Å². The Morgan fingerprint density at radius 1 is 0.968 bits per heavy atom. The molecule has 5 rings (SSSR count). The van der Waals surface area contributed by atoms with Crippen molar-refractivity contribution in [1.82, 2.24) is 4.98 Å². The molecule has 3 aromatic rings. The Balaban J connectivity index is 1.54. The highest BCUT2D eigenvalue weighted by Crippen LogP contribution is 2.44. The van der Waals surface area contributed by atoms with Crippen LogP contribution < -0.4 is 15.4 Å². The molecular weight excluding hydrogens is 386 g/mol. The number of hydrogen-bond acceptors (Lipinski definition) is 5. The summed E-state index contributed by atoms with van der Waals surface area (Å²) in [6, 6.07) is 19.9. The molecule has 0 fully saturated rings. The Morgan fingerprint density at radius 2 is 1.77 bits per heavy atom. The Morgan fingerprint density at radius 3 is 2.52 bits per heavy atom. The molecule has 0 spiro atoms. The smallest absolute Gasteiger partial charge is 0.163 e. The Labute approximate surface area is 182 Å². The minimum absolute atomic E-state index is 0.134. The zero-order valence-electron chi connectivity index (χ0n) is 17.5. The molecule has 31 heavy (non-hydrogen) atoms. The number of nitrogens with zero attached hydrogens (tertiary/aromatic N) is 1. The number of ether oxygens (including phenoxy) is 1. The lowest BCUT2D eigenvalue weighted by Crippen LogP contribution is -2.26. The standard InChI is InChI=1S/C26H25N3O2/c1-2-31-20-11-9-17(10-12-20)19-14-23-25(24(30)15-19)26(18-6-5-13-27-16-18)29-22-8-4-3-7-21(22)28-23/h3-13,16,19,26,28-29H,2,14-15H2,1H3/t19-,26+/m1/s1. The van der Waals surface area contributed by atoms with Crippen molar-refractivity contribution < 1.29 is 9.53 Å². The number of ketones is 1. The summed E-state index contributed by atoms with van der Waals surface area (Å²) in [7, 11) is 0. The van der Waals surface area contributed by atoms with Gasteiger partial charge in [-0.05, 0) is 60.7 Å². The van der Waals surface area contributed by atoms with Crippen molar-refractivity contribution in [2.45, 2.75) is 31.7 Å². The van der Waals surface area contributed by atoms with Crippen LogP contribution in [0.25, 0.3) is 0 Å². The number of para-hydroxylation sites is 2. The van der Waals surface area contributed by atoms with E-state index in [2.05, 4.69) is 27.8 Å².